The Morgan fingerprint density at radius 3 is 1.15 bits per heavy atom. The van der Waals surface area contributed by atoms with E-state index in [-0.39, 0.29) is 31.0 Å². The molecule has 0 spiro atoms. The summed E-state index contributed by atoms with van der Waals surface area (Å²) in [6, 6.07) is 0. The molecule has 2 aliphatic carbocycles. The van der Waals surface area contributed by atoms with Crippen LogP contribution in [-0.4, -0.2) is 6.19 Å². The van der Waals surface area contributed by atoms with Gasteiger partial charge < -0.3 is 0 Å². The van der Waals surface area contributed by atoms with Gasteiger partial charge in [0.15, 0.2) is 0 Å². The predicted octanol–water partition coefficient (Wildman–Crippen LogP) is 5.80. The van der Waals surface area contributed by atoms with Crippen molar-refractivity contribution in [3.05, 3.63) is 46.6 Å². The molecule has 112 valence electrons. The van der Waals surface area contributed by atoms with E-state index in [9.17, 15) is 0 Å². The van der Waals surface area contributed by atoms with E-state index < -0.39 is 0 Å². The van der Waals surface area contributed by atoms with Crippen LogP contribution < -0.4 is 0 Å². The minimum absolute atomic E-state index is 0. The second kappa shape index (κ2) is 14.4. The van der Waals surface area contributed by atoms with Crippen LogP contribution >= 0.6 is 24.8 Å². The van der Waals surface area contributed by atoms with E-state index >= 15 is 0 Å². The first-order valence-electron chi connectivity index (χ1n) is 6.32. The molecule has 0 aromatic rings. The number of hydrogen-bond donors (Lipinski definition) is 0. The van der Waals surface area contributed by atoms with Gasteiger partial charge in [-0.1, -0.05) is 27.7 Å². The molecule has 0 atom stereocenters. The zero-order valence-electron chi connectivity index (χ0n) is 13.4. The van der Waals surface area contributed by atoms with Gasteiger partial charge in [0.25, 0.3) is 0 Å². The first kappa shape index (κ1) is 25.4. The molecule has 0 heterocycles. The van der Waals surface area contributed by atoms with Gasteiger partial charge >= 0.3 is 38.5 Å². The SMILES string of the molecule is CC1=[C-]CC(C)=C1.CC1=[C-]CC(C)=C1.C[Si](C)=[Ti+2].Cl.Cl. The van der Waals surface area contributed by atoms with Gasteiger partial charge in [-0.25, -0.2) is 23.3 Å². The average molecular weight is 365 g/mol. The Kier molecular flexibility index (Phi) is 18.3. The predicted molar refractivity (Wildman–Crippen MR) is 93.6 cm³/mol. The minimum atomic E-state index is 0. The van der Waals surface area contributed by atoms with Gasteiger partial charge in [0.1, 0.15) is 0 Å². The third-order valence-electron chi connectivity index (χ3n) is 2.22. The second-order valence-corrected chi connectivity index (χ2v) is 11.7. The Morgan fingerprint density at radius 2 is 1.10 bits per heavy atom. The molecule has 0 saturated heterocycles. The van der Waals surface area contributed by atoms with Crippen molar-refractivity contribution in [3.63, 3.8) is 0 Å². The van der Waals surface area contributed by atoms with Crippen LogP contribution in [0.2, 0.25) is 13.1 Å². The maximum atomic E-state index is 3.19. The van der Waals surface area contributed by atoms with Gasteiger partial charge in [0, 0.05) is 0 Å². The Morgan fingerprint density at radius 1 is 0.850 bits per heavy atom. The van der Waals surface area contributed by atoms with Crippen molar-refractivity contribution in [1.29, 1.82) is 0 Å². The van der Waals surface area contributed by atoms with Crippen molar-refractivity contribution in [2.24, 2.45) is 0 Å². The molecule has 0 N–H and O–H groups in total. The van der Waals surface area contributed by atoms with E-state index in [2.05, 4.69) is 84.3 Å². The summed E-state index contributed by atoms with van der Waals surface area (Å²) in [7, 11) is 0. The van der Waals surface area contributed by atoms with E-state index in [4.69, 9.17) is 0 Å². The summed E-state index contributed by atoms with van der Waals surface area (Å²) in [6.45, 7) is 13.0. The maximum absolute atomic E-state index is 3.19. The van der Waals surface area contributed by atoms with E-state index in [1.165, 1.54) is 22.3 Å². The van der Waals surface area contributed by atoms with Crippen LogP contribution in [0.15, 0.2) is 34.4 Å². The molecular formula is C16H26Cl2SiTi. The average Bonchev–Trinajstić information content (AvgIpc) is 2.76. The third-order valence-corrected chi connectivity index (χ3v) is 2.22. The summed E-state index contributed by atoms with van der Waals surface area (Å²) < 4.78 is 0. The first-order valence-corrected chi connectivity index (χ1v) is 11.2. The molecule has 0 amide bonds. The van der Waals surface area contributed by atoms with Crippen LogP contribution in [0.1, 0.15) is 40.5 Å². The standard InChI is InChI=1S/2C7H9.C2H6Si.2ClH.Ti/c2*1-6-3-4-7(2)5-6;1-3-2;;;/h2*5H,3H2,1-2H3;1-2H3;2*1H;/q2*-1;;;;+2. The maximum Gasteiger partial charge on any atom is -0.147 e. The molecule has 2 aliphatic rings. The first-order chi connectivity index (χ1) is 8.31. The largest absolute Gasteiger partial charge is 0.147 e. The van der Waals surface area contributed by atoms with Gasteiger partial charge in [-0.3, -0.25) is 12.2 Å². The molecule has 0 aromatic carbocycles. The summed E-state index contributed by atoms with van der Waals surface area (Å²) in [5.74, 6) is 0. The zero-order valence-corrected chi connectivity index (χ0v) is 17.6. The summed E-state index contributed by atoms with van der Waals surface area (Å²) >= 11 is 2.27. The summed E-state index contributed by atoms with van der Waals surface area (Å²) in [6.07, 6.45) is 12.9. The zero-order chi connectivity index (χ0) is 14.1. The molecule has 0 unspecified atom stereocenters. The normalized spacial score (nSPS) is 14.8. The summed E-state index contributed by atoms with van der Waals surface area (Å²) in [5.41, 5.74) is 5.44. The quantitative estimate of drug-likeness (QED) is 0.376. The van der Waals surface area contributed by atoms with Crippen molar-refractivity contribution < 1.29 is 19.2 Å². The van der Waals surface area contributed by atoms with Crippen molar-refractivity contribution in [3.8, 4) is 0 Å². The van der Waals surface area contributed by atoms with Gasteiger partial charge in [-0.15, -0.1) is 37.7 Å². The second-order valence-electron chi connectivity index (χ2n) is 5.05. The van der Waals surface area contributed by atoms with Crippen molar-refractivity contribution >= 4 is 31.0 Å². The van der Waals surface area contributed by atoms with Crippen LogP contribution in [0, 0.1) is 12.2 Å². The number of hydrogen-bond acceptors (Lipinski definition) is 0. The van der Waals surface area contributed by atoms with Crippen LogP contribution in [0.3, 0.4) is 0 Å². The molecule has 0 aromatic heterocycles. The molecule has 2 rings (SSSR count). The molecule has 0 saturated carbocycles. The van der Waals surface area contributed by atoms with Gasteiger partial charge in [0.05, 0.1) is 0 Å². The minimum Gasteiger partial charge on any atom is -0.147 e. The monoisotopic (exact) mass is 364 g/mol. The van der Waals surface area contributed by atoms with Crippen LogP contribution in [0.4, 0.5) is 0 Å². The Bertz CT molecular complexity index is 380. The van der Waals surface area contributed by atoms with Crippen LogP contribution in [-0.2, 0) is 19.2 Å². The van der Waals surface area contributed by atoms with Crippen molar-refractivity contribution in [1.82, 2.24) is 0 Å². The van der Waals surface area contributed by atoms with Crippen molar-refractivity contribution in [2.45, 2.75) is 53.6 Å². The summed E-state index contributed by atoms with van der Waals surface area (Å²) in [5, 5.41) is 0. The fourth-order valence-corrected chi connectivity index (χ4v) is 1.50. The Hall–Kier alpha value is 0.471. The van der Waals surface area contributed by atoms with Gasteiger partial charge in [0.2, 0.25) is 0 Å². The fourth-order valence-electron chi connectivity index (χ4n) is 1.50. The molecule has 0 fully saturated rings. The number of halogens is 2. The van der Waals surface area contributed by atoms with Crippen LogP contribution in [0.5, 0.6) is 0 Å². The Labute approximate surface area is 149 Å². The van der Waals surface area contributed by atoms with E-state index in [0.717, 1.165) is 12.8 Å². The molecule has 20 heavy (non-hydrogen) atoms. The van der Waals surface area contributed by atoms with E-state index in [1.54, 1.807) is 0 Å². The molecule has 0 nitrogen and oxygen atoms in total. The van der Waals surface area contributed by atoms with Crippen molar-refractivity contribution in [2.75, 3.05) is 0 Å². The number of rotatable bonds is 0. The topological polar surface area (TPSA) is 0 Å². The van der Waals surface area contributed by atoms with Gasteiger partial charge in [-0.2, -0.15) is 11.1 Å². The molecule has 4 heteroatoms. The molecule has 0 aliphatic heterocycles. The molecule has 0 bridgehead atoms. The number of allylic oxidation sites excluding steroid dienone is 8. The summed E-state index contributed by atoms with van der Waals surface area (Å²) in [4.78, 5) is 0. The molecular weight excluding hydrogens is 339 g/mol. The van der Waals surface area contributed by atoms with Gasteiger partial charge in [-0.05, 0) is 0 Å². The molecule has 0 radical (unpaired) electrons. The fraction of sp³-hybridized carbons (Fsp3) is 0.500. The van der Waals surface area contributed by atoms with E-state index in [1.807, 2.05) is 0 Å². The smallest absolute Gasteiger partial charge is 0.147 e. The van der Waals surface area contributed by atoms with Crippen LogP contribution in [0.25, 0.3) is 0 Å². The van der Waals surface area contributed by atoms with E-state index in [0.29, 0.717) is 0 Å². The Balaban J connectivity index is -0.000000215. The third kappa shape index (κ3) is 16.5.